The summed E-state index contributed by atoms with van der Waals surface area (Å²) in [4.78, 5) is 20.1. The molecule has 5 aromatic rings. The summed E-state index contributed by atoms with van der Waals surface area (Å²) in [5.74, 6) is -1.31. The predicted octanol–water partition coefficient (Wildman–Crippen LogP) is 2.54. The van der Waals surface area contributed by atoms with Crippen molar-refractivity contribution in [3.63, 3.8) is 0 Å². The number of aromatic carboxylic acids is 1. The fourth-order valence-electron chi connectivity index (χ4n) is 3.20. The molecule has 0 aliphatic carbocycles. The molecule has 2 N–H and O–H groups in total. The van der Waals surface area contributed by atoms with Gasteiger partial charge in [0.1, 0.15) is 15.9 Å². The van der Waals surface area contributed by atoms with Gasteiger partial charge in [-0.1, -0.05) is 30.3 Å². The molecule has 2 heterocycles. The first-order valence-corrected chi connectivity index (χ1v) is 11.7. The monoisotopic (exact) mass is 477 g/mol. The van der Waals surface area contributed by atoms with Crippen LogP contribution in [-0.2, 0) is 10.0 Å². The second kappa shape index (κ2) is 8.07. The van der Waals surface area contributed by atoms with E-state index in [2.05, 4.69) is 28.8 Å². The number of para-hydroxylation sites is 2. The lowest BCUT2D eigenvalue weighted by molar-refractivity contribution is -0.255. The Labute approximate surface area is 191 Å². The number of sulfonamides is 1. The lowest BCUT2D eigenvalue weighted by Gasteiger charge is -2.14. The van der Waals surface area contributed by atoms with Gasteiger partial charge < -0.3 is 15.2 Å². The van der Waals surface area contributed by atoms with Gasteiger partial charge in [-0.05, 0) is 42.0 Å². The number of fused-ring (bicyclic) bond motifs is 2. The van der Waals surface area contributed by atoms with Crippen molar-refractivity contribution in [2.45, 2.75) is 4.90 Å². The first-order chi connectivity index (χ1) is 15.9. The molecule has 3 aromatic carbocycles. The molecule has 0 unspecified atom stereocenters. The second-order valence-corrected chi connectivity index (χ2v) is 9.08. The number of carbonyl (C=O) groups is 1. The third-order valence-corrected chi connectivity index (χ3v) is 6.61. The summed E-state index contributed by atoms with van der Waals surface area (Å²) in [6, 6.07) is 17.5. The van der Waals surface area contributed by atoms with Crippen LogP contribution < -0.4 is 15.1 Å². The minimum absolute atomic E-state index is 0.0430. The topological polar surface area (TPSA) is 150 Å². The lowest BCUT2D eigenvalue weighted by atomic mass is 10.2. The van der Waals surface area contributed by atoms with Gasteiger partial charge in [-0.15, -0.1) is 0 Å². The summed E-state index contributed by atoms with van der Waals surface area (Å²) >= 11 is 0.914. The fraction of sp³-hybridized carbons (Fsp3) is 0. The fourth-order valence-corrected chi connectivity index (χ4v) is 4.98. The first kappa shape index (κ1) is 20.7. The van der Waals surface area contributed by atoms with Crippen LogP contribution in [0.15, 0.2) is 71.6 Å². The Morgan fingerprint density at radius 3 is 2.30 bits per heavy atom. The van der Waals surface area contributed by atoms with Gasteiger partial charge in [0.2, 0.25) is 0 Å². The molecule has 0 saturated heterocycles. The molecule has 33 heavy (non-hydrogen) atoms. The maximum absolute atomic E-state index is 13.2. The van der Waals surface area contributed by atoms with Gasteiger partial charge in [0, 0.05) is 5.69 Å². The summed E-state index contributed by atoms with van der Waals surface area (Å²) in [6.07, 6.45) is 0. The molecule has 0 amide bonds. The molecule has 0 bridgehead atoms. The van der Waals surface area contributed by atoms with E-state index in [1.54, 1.807) is 42.5 Å². The number of aromatic nitrogens is 4. The number of benzene rings is 3. The van der Waals surface area contributed by atoms with E-state index in [9.17, 15) is 18.3 Å². The van der Waals surface area contributed by atoms with E-state index in [1.165, 1.54) is 24.3 Å². The highest BCUT2D eigenvalue weighted by atomic mass is 32.2. The van der Waals surface area contributed by atoms with Gasteiger partial charge in [-0.25, -0.2) is 18.4 Å². The molecule has 164 valence electrons. The van der Waals surface area contributed by atoms with Gasteiger partial charge >= 0.3 is 0 Å². The van der Waals surface area contributed by atoms with Gasteiger partial charge in [-0.3, -0.25) is 4.72 Å². The minimum Gasteiger partial charge on any atom is -0.545 e. The van der Waals surface area contributed by atoms with Crippen LogP contribution in [0.25, 0.3) is 22.1 Å². The first-order valence-electron chi connectivity index (χ1n) is 9.50. The van der Waals surface area contributed by atoms with Crippen LogP contribution in [0.3, 0.4) is 0 Å². The lowest BCUT2D eigenvalue weighted by Crippen LogP contribution is -2.22. The van der Waals surface area contributed by atoms with Crippen LogP contribution in [0.2, 0.25) is 0 Å². The van der Waals surface area contributed by atoms with E-state index in [0.717, 1.165) is 11.7 Å². The SMILES string of the molecule is O=C([O-])c1cccc(Nc2nc3ccccc3nc2NS(=O)(=O)c2cccc3nsnc23)c1. The number of carboxylic acid groups (broad SMARTS) is 1. The highest BCUT2D eigenvalue weighted by molar-refractivity contribution is 7.93. The molecule has 0 atom stereocenters. The number of hydrogen-bond donors (Lipinski definition) is 2. The molecule has 0 saturated carbocycles. The summed E-state index contributed by atoms with van der Waals surface area (Å²) < 4.78 is 37.1. The number of nitrogens with one attached hydrogen (secondary N) is 2. The molecular weight excluding hydrogens is 464 g/mol. The molecule has 10 nitrogen and oxygen atoms in total. The summed E-state index contributed by atoms with van der Waals surface area (Å²) in [5.41, 5.74) is 2.03. The second-order valence-electron chi connectivity index (χ2n) is 6.90. The summed E-state index contributed by atoms with van der Waals surface area (Å²) in [6.45, 7) is 0. The van der Waals surface area contributed by atoms with Crippen molar-refractivity contribution >= 4 is 67.1 Å². The molecule has 0 spiro atoms. The smallest absolute Gasteiger partial charge is 0.265 e. The van der Waals surface area contributed by atoms with Gasteiger partial charge in [0.05, 0.1) is 28.7 Å². The zero-order valence-electron chi connectivity index (χ0n) is 16.6. The van der Waals surface area contributed by atoms with Crippen molar-refractivity contribution in [1.29, 1.82) is 0 Å². The normalized spacial score (nSPS) is 11.5. The molecule has 0 aliphatic rings. The predicted molar refractivity (Wildman–Crippen MR) is 122 cm³/mol. The van der Waals surface area contributed by atoms with Crippen LogP contribution in [0, 0.1) is 0 Å². The van der Waals surface area contributed by atoms with E-state index in [-0.39, 0.29) is 27.6 Å². The van der Waals surface area contributed by atoms with Crippen LogP contribution in [0.5, 0.6) is 0 Å². The van der Waals surface area contributed by atoms with Crippen LogP contribution >= 0.6 is 11.7 Å². The largest absolute Gasteiger partial charge is 0.545 e. The molecule has 0 radical (unpaired) electrons. The molecule has 0 fully saturated rings. The molecule has 5 rings (SSSR count). The molecule has 12 heteroatoms. The Kier molecular flexibility index (Phi) is 5.07. The number of anilines is 3. The Bertz CT molecular complexity index is 1630. The maximum Gasteiger partial charge on any atom is 0.265 e. The number of hydrogen-bond acceptors (Lipinski definition) is 10. The van der Waals surface area contributed by atoms with E-state index in [1.807, 2.05) is 0 Å². The molecule has 2 aromatic heterocycles. The van der Waals surface area contributed by atoms with Gasteiger partial charge in [0.25, 0.3) is 10.0 Å². The van der Waals surface area contributed by atoms with Gasteiger partial charge in [0.15, 0.2) is 11.6 Å². The number of rotatable bonds is 6. The highest BCUT2D eigenvalue weighted by Crippen LogP contribution is 2.29. The van der Waals surface area contributed by atoms with Crippen molar-refractivity contribution in [3.8, 4) is 0 Å². The Morgan fingerprint density at radius 2 is 1.55 bits per heavy atom. The van der Waals surface area contributed by atoms with Crippen molar-refractivity contribution in [2.75, 3.05) is 10.0 Å². The Hall–Kier alpha value is -4.16. The Morgan fingerprint density at radius 1 is 0.848 bits per heavy atom. The Balaban J connectivity index is 1.60. The average Bonchev–Trinajstić information content (AvgIpc) is 3.28. The third kappa shape index (κ3) is 4.04. The van der Waals surface area contributed by atoms with E-state index >= 15 is 0 Å². The molecular formula is C21H13N6O4S2-. The van der Waals surface area contributed by atoms with Crippen LogP contribution in [0.1, 0.15) is 10.4 Å². The summed E-state index contributed by atoms with van der Waals surface area (Å²) in [7, 11) is -4.11. The summed E-state index contributed by atoms with van der Waals surface area (Å²) in [5, 5.41) is 14.2. The van der Waals surface area contributed by atoms with Crippen molar-refractivity contribution in [2.24, 2.45) is 0 Å². The van der Waals surface area contributed by atoms with Gasteiger partial charge in [-0.2, -0.15) is 8.75 Å². The third-order valence-electron chi connectivity index (χ3n) is 4.70. The maximum atomic E-state index is 13.2. The zero-order chi connectivity index (χ0) is 23.0. The molecule has 0 aliphatic heterocycles. The van der Waals surface area contributed by atoms with Crippen LogP contribution in [0.4, 0.5) is 17.3 Å². The standard InChI is InChI=1S/C21H14N6O4S2/c28-21(29)12-5-3-6-13(11-12)22-19-20(24-15-8-2-1-7-14(15)23-19)27-33(30,31)17-10-4-9-16-18(17)26-32-25-16/h1-11H,(H,22,23)(H,24,27)(H,28,29)/p-1. The number of carboxylic acids is 1. The van der Waals surface area contributed by atoms with E-state index < -0.39 is 16.0 Å². The van der Waals surface area contributed by atoms with Crippen molar-refractivity contribution in [3.05, 3.63) is 72.3 Å². The van der Waals surface area contributed by atoms with E-state index in [4.69, 9.17) is 0 Å². The van der Waals surface area contributed by atoms with Crippen LogP contribution in [-0.4, -0.2) is 33.1 Å². The average molecular weight is 478 g/mol. The minimum atomic E-state index is -4.11. The quantitative estimate of drug-likeness (QED) is 0.376. The van der Waals surface area contributed by atoms with Crippen molar-refractivity contribution in [1.82, 2.24) is 18.7 Å². The highest BCUT2D eigenvalue weighted by Gasteiger charge is 2.23. The zero-order valence-corrected chi connectivity index (χ0v) is 18.2. The van der Waals surface area contributed by atoms with E-state index in [0.29, 0.717) is 22.2 Å². The number of nitrogens with zero attached hydrogens (tertiary/aromatic N) is 4. The number of carbonyl (C=O) groups excluding carboxylic acids is 1. The van der Waals surface area contributed by atoms with Crippen molar-refractivity contribution < 1.29 is 18.3 Å².